The maximum Gasteiger partial charge on any atom is 0.319 e. The fraction of sp³-hybridized carbons (Fsp3) is 0.902. The first kappa shape index (κ1) is 103. The topological polar surface area (TPSA) is 338 Å². The lowest BCUT2D eigenvalue weighted by atomic mass is 9.94. The van der Waals surface area contributed by atoms with Crippen molar-refractivity contribution in [3.63, 3.8) is 0 Å². The second kappa shape index (κ2) is 71.2. The Morgan fingerprint density at radius 2 is 0.379 bits per heavy atom. The monoisotopic (exact) mass is 1490 g/mol. The predicted octanol–water partition coefficient (Wildman–Crippen LogP) is 18.5. The number of unbranched alkanes of at least 4 members (excludes halogenated alkanes) is 48. The number of aliphatic carboxylic acids is 4. The smallest absolute Gasteiger partial charge is 0.319 e. The van der Waals surface area contributed by atoms with E-state index < -0.39 is 57.9 Å². The van der Waals surface area contributed by atoms with Crippen molar-refractivity contribution in [2.75, 3.05) is 66.6 Å². The van der Waals surface area contributed by atoms with E-state index in [0.29, 0.717) is 25.7 Å². The highest BCUT2D eigenvalue weighted by Gasteiger charge is 2.42. The molecule has 0 aliphatic heterocycles. The number of hydrogen-bond acceptors (Lipinski definition) is 14. The van der Waals surface area contributed by atoms with Gasteiger partial charge in [0.2, 0.25) is 0 Å². The van der Waals surface area contributed by atoms with E-state index in [1.54, 1.807) is 14.1 Å². The molecule has 21 heteroatoms. The molecule has 0 radical (unpaired) electrons. The fourth-order valence-corrected chi connectivity index (χ4v) is 14.0. The van der Waals surface area contributed by atoms with Gasteiger partial charge in [0.15, 0.2) is 46.8 Å². The van der Waals surface area contributed by atoms with Crippen LogP contribution in [0.1, 0.15) is 387 Å². The zero-order chi connectivity index (χ0) is 77.7. The SMILES string of the molecule is CCCCCCCCCCCCCCCC(=O)C(C[N+](C)(CCO)CC(C(=O)O)C(=O)CCCCCCCCCCCCCCC)C(=O)O.CCCCCCCCCCCCCCCC(=O)C(C[N+](C)(CCO)CC(C(=O)O)C(=O)CCCCCCCCCCCCCCC)C(=O)O.O=S(=O)([O-])[O-]. The van der Waals surface area contributed by atoms with Gasteiger partial charge in [-0.05, 0) is 25.7 Å². The molecule has 0 bridgehead atoms. The van der Waals surface area contributed by atoms with E-state index in [9.17, 15) is 69.0 Å². The molecule has 0 rings (SSSR count). The summed E-state index contributed by atoms with van der Waals surface area (Å²) >= 11 is 0. The van der Waals surface area contributed by atoms with Crippen LogP contribution in [0.5, 0.6) is 0 Å². The average Bonchev–Trinajstić information content (AvgIpc) is 0.837. The van der Waals surface area contributed by atoms with E-state index in [1.807, 2.05) is 0 Å². The zero-order valence-electron chi connectivity index (χ0n) is 66.4. The Labute approximate surface area is 627 Å². The molecule has 0 saturated heterocycles. The molecule has 0 amide bonds. The molecule has 608 valence electrons. The molecule has 0 spiro atoms. The molecule has 4 unspecified atom stereocenters. The number of nitrogens with zero attached hydrogens (tertiary/aromatic N) is 2. The quantitative estimate of drug-likeness (QED) is 0.0108. The van der Waals surface area contributed by atoms with Gasteiger partial charge in [0.1, 0.15) is 13.1 Å². The maximum atomic E-state index is 13.0. The van der Waals surface area contributed by atoms with Crippen LogP contribution < -0.4 is 0 Å². The molecule has 0 aliphatic carbocycles. The number of aliphatic hydroxyl groups excluding tert-OH is 2. The first-order chi connectivity index (χ1) is 49.2. The van der Waals surface area contributed by atoms with Crippen molar-refractivity contribution in [3.05, 3.63) is 0 Å². The number of hydrogen-bond donors (Lipinski definition) is 6. The summed E-state index contributed by atoms with van der Waals surface area (Å²) in [5, 5.41) is 59.3. The lowest BCUT2D eigenvalue weighted by Crippen LogP contribution is -2.56. The van der Waals surface area contributed by atoms with Gasteiger partial charge in [0.05, 0.1) is 53.5 Å². The zero-order valence-corrected chi connectivity index (χ0v) is 67.3. The molecule has 0 aromatic rings. The van der Waals surface area contributed by atoms with Crippen LogP contribution >= 0.6 is 0 Å². The van der Waals surface area contributed by atoms with Crippen molar-refractivity contribution in [2.45, 2.75) is 387 Å². The van der Waals surface area contributed by atoms with E-state index >= 15 is 0 Å². The van der Waals surface area contributed by atoms with Crippen molar-refractivity contribution in [1.82, 2.24) is 0 Å². The first-order valence-corrected chi connectivity index (χ1v) is 43.1. The third-order valence-corrected chi connectivity index (χ3v) is 20.6. The highest BCUT2D eigenvalue weighted by molar-refractivity contribution is 7.79. The largest absolute Gasteiger partial charge is 0.759 e. The first-order valence-electron chi connectivity index (χ1n) is 41.8. The van der Waals surface area contributed by atoms with Crippen molar-refractivity contribution in [1.29, 1.82) is 0 Å². The van der Waals surface area contributed by atoms with E-state index in [0.717, 1.165) is 77.0 Å². The van der Waals surface area contributed by atoms with Gasteiger partial charge in [-0.25, -0.2) is 0 Å². The van der Waals surface area contributed by atoms with Crippen molar-refractivity contribution in [2.24, 2.45) is 23.7 Å². The Morgan fingerprint density at radius 1 is 0.262 bits per heavy atom. The third-order valence-electron chi connectivity index (χ3n) is 20.6. The molecule has 6 N–H and O–H groups in total. The van der Waals surface area contributed by atoms with Gasteiger partial charge in [-0.1, -0.05) is 336 Å². The summed E-state index contributed by atoms with van der Waals surface area (Å²) < 4.78 is 33.8. The minimum absolute atomic E-state index is 0.0750. The van der Waals surface area contributed by atoms with Crippen molar-refractivity contribution < 1.29 is 95.5 Å². The number of aliphatic hydroxyl groups is 2. The van der Waals surface area contributed by atoms with Gasteiger partial charge in [0, 0.05) is 36.1 Å². The molecule has 20 nitrogen and oxygen atoms in total. The molecule has 0 fully saturated rings. The number of Topliss-reactive ketones (excluding diaryl/α,β-unsaturated/α-hetero) is 4. The van der Waals surface area contributed by atoms with Gasteiger partial charge in [-0.3, -0.25) is 46.8 Å². The maximum absolute atomic E-state index is 13.0. The summed E-state index contributed by atoms with van der Waals surface area (Å²) in [6, 6.07) is 0. The average molecular weight is 1490 g/mol. The summed E-state index contributed by atoms with van der Waals surface area (Å²) in [5.74, 6) is -11.5. The summed E-state index contributed by atoms with van der Waals surface area (Å²) in [5.41, 5.74) is 0. The second-order valence-electron chi connectivity index (χ2n) is 30.7. The van der Waals surface area contributed by atoms with E-state index in [2.05, 4.69) is 27.7 Å². The van der Waals surface area contributed by atoms with Crippen LogP contribution in [-0.4, -0.2) is 171 Å². The summed E-state index contributed by atoms with van der Waals surface area (Å²) in [4.78, 5) is 101. The van der Waals surface area contributed by atoms with Gasteiger partial charge in [-0.15, -0.1) is 0 Å². The minimum Gasteiger partial charge on any atom is -0.759 e. The molecule has 4 atom stereocenters. The van der Waals surface area contributed by atoms with Gasteiger partial charge in [-0.2, -0.15) is 0 Å². The van der Waals surface area contributed by atoms with Gasteiger partial charge >= 0.3 is 23.9 Å². The highest BCUT2D eigenvalue weighted by atomic mass is 32.3. The van der Waals surface area contributed by atoms with E-state index in [1.165, 1.54) is 231 Å². The second-order valence-corrected chi connectivity index (χ2v) is 31.5. The molecule has 0 aromatic heterocycles. The van der Waals surface area contributed by atoms with Crippen LogP contribution in [-0.2, 0) is 48.8 Å². The number of quaternary nitrogens is 2. The Hall–Kier alpha value is -3.73. The number of carboxylic acid groups (broad SMARTS) is 4. The molecule has 0 heterocycles. The molecule has 0 saturated carbocycles. The van der Waals surface area contributed by atoms with Crippen LogP contribution in [0.4, 0.5) is 0 Å². The van der Waals surface area contributed by atoms with E-state index in [4.69, 9.17) is 17.5 Å². The van der Waals surface area contributed by atoms with Crippen LogP contribution in [0.25, 0.3) is 0 Å². The molecular weight excluding hydrogens is 1330 g/mol. The van der Waals surface area contributed by atoms with Crippen LogP contribution in [0.2, 0.25) is 0 Å². The molecular formula is C82H156N2O18S. The normalized spacial score (nSPS) is 13.8. The van der Waals surface area contributed by atoms with Crippen molar-refractivity contribution in [3.8, 4) is 0 Å². The summed E-state index contributed by atoms with van der Waals surface area (Å²) in [6.07, 6.45) is 62.0. The molecule has 0 aliphatic rings. The van der Waals surface area contributed by atoms with Crippen molar-refractivity contribution >= 4 is 57.4 Å². The number of rotatable bonds is 76. The lowest BCUT2D eigenvalue weighted by molar-refractivity contribution is -0.912. The van der Waals surface area contributed by atoms with Gasteiger partial charge in [0.25, 0.3) is 0 Å². The number of carboxylic acids is 4. The number of ketones is 4. The molecule has 103 heavy (non-hydrogen) atoms. The van der Waals surface area contributed by atoms with Crippen LogP contribution in [0.15, 0.2) is 0 Å². The lowest BCUT2D eigenvalue weighted by Gasteiger charge is -2.37. The standard InChI is InChI=1S/2C41H77NO7.H2O4S/c2*1-4-6-8-10-12-14-16-18-20-22-24-26-28-30-38(44)36(40(46)47)34-42(3,32-33-43)35-37(41(48)49)39(45)31-29-27-25-23-21-19-17-15-13-11-9-7-5-2;1-5(2,3)4/h2*36-37,43H,4-35H2,1-3H3,(H-,46,47,48,49);(H2,1,2,3,4). The van der Waals surface area contributed by atoms with Gasteiger partial charge < -0.3 is 48.7 Å². The molecule has 0 aromatic carbocycles. The fourth-order valence-electron chi connectivity index (χ4n) is 14.0. The predicted molar refractivity (Wildman–Crippen MR) is 412 cm³/mol. The Balaban J connectivity index is -0.00000182. The Morgan fingerprint density at radius 3 is 0.485 bits per heavy atom. The highest BCUT2D eigenvalue weighted by Crippen LogP contribution is 2.24. The Bertz CT molecular complexity index is 1950. The van der Waals surface area contributed by atoms with Crippen LogP contribution in [0.3, 0.4) is 0 Å². The van der Waals surface area contributed by atoms with E-state index in [-0.39, 0.29) is 110 Å². The van der Waals surface area contributed by atoms with Crippen LogP contribution in [0, 0.1) is 23.7 Å². The summed E-state index contributed by atoms with van der Waals surface area (Å²) in [6.45, 7) is 7.96. The Kier molecular flexibility index (Phi) is 71.5. The summed E-state index contributed by atoms with van der Waals surface area (Å²) in [7, 11) is -1.86. The third kappa shape index (κ3) is 67.4. The number of likely N-dealkylation sites (N-methyl/N-ethyl adjacent to an activating group) is 2. The minimum atomic E-state index is -5.17. The number of carbonyl (C=O) groups is 8. The number of carbonyl (C=O) groups excluding carboxylic acids is 4.